The summed E-state index contributed by atoms with van der Waals surface area (Å²) >= 11 is 0. The Labute approximate surface area is 342 Å². The summed E-state index contributed by atoms with van der Waals surface area (Å²) in [6.45, 7) is 20.2. The number of nitrogens with one attached hydrogen (secondary N) is 1. The number of hydrogen-bond donors (Lipinski definition) is 4. The monoisotopic (exact) mass is 804 g/mol. The van der Waals surface area contributed by atoms with E-state index in [4.69, 9.17) is 23.7 Å². The van der Waals surface area contributed by atoms with Crippen LogP contribution in [0.25, 0.3) is 0 Å². The van der Waals surface area contributed by atoms with Crippen LogP contribution in [0.5, 0.6) is 0 Å². The lowest BCUT2D eigenvalue weighted by atomic mass is 9.72. The zero-order valence-corrected chi connectivity index (χ0v) is 36.7. The van der Waals surface area contributed by atoms with Gasteiger partial charge in [-0.25, -0.2) is 0 Å². The molecule has 6 rings (SSSR count). The second-order valence-corrected chi connectivity index (χ2v) is 19.7. The largest absolute Gasteiger partial charge is 0.481 e. The van der Waals surface area contributed by atoms with Gasteiger partial charge in [0.1, 0.15) is 5.78 Å². The van der Waals surface area contributed by atoms with Crippen molar-refractivity contribution >= 4 is 11.8 Å². The standard InChI is InChI=1S/C46H77NO10/c1-11-33(42(50)51)35-18-17-26(4)40(54-35)30(8)38(48)29(7)39(49)34(12-2)41-27(5)25-28(6)45(55-41)22-19-36(47-32-15-14-16-32)46(57-45)24-23-43(10,56-46)37-20-21-44(52,13-3)31(9)53-37/h19,22,26-38,40-41,47-48,52H,11-18,20-21,23-25H2,1-10H3,(H,50,51)/t26-,27-,28+,29-,30-,31-,33?,34-,35?,36+,37+,38+,40?,41-,43-,44+,45-,46-/m0/s1. The summed E-state index contributed by atoms with van der Waals surface area (Å²) < 4.78 is 34.8. The van der Waals surface area contributed by atoms with Crippen LogP contribution < -0.4 is 5.32 Å². The molecule has 326 valence electrons. The van der Waals surface area contributed by atoms with Gasteiger partial charge < -0.3 is 44.3 Å². The SMILES string of the molecule is CCC(C(=O)O)C1CC[C@H](C)C([C@@H](C)[C@H](O)[C@H](C)C(=O)[C@H](CC)[C@H]2O[C@]3(C=C[C@@H](NC4CCC4)[C@]4(CC[C@@](C)([C@H]5CC[C@](O)(CC)[C@H](C)O5)O4)O3)[C@H](C)C[C@@H]2C)O1. The maximum absolute atomic E-state index is 14.6. The van der Waals surface area contributed by atoms with E-state index >= 15 is 0 Å². The molecule has 2 spiro atoms. The van der Waals surface area contributed by atoms with Crippen molar-refractivity contribution in [2.75, 3.05) is 0 Å². The van der Waals surface area contributed by atoms with E-state index in [0.29, 0.717) is 51.0 Å². The molecule has 6 aliphatic rings. The Hall–Kier alpha value is -1.44. The molecule has 4 N–H and O–H groups in total. The van der Waals surface area contributed by atoms with E-state index in [1.807, 2.05) is 41.5 Å². The summed E-state index contributed by atoms with van der Waals surface area (Å²) in [5.41, 5.74) is -1.47. The molecule has 0 radical (unpaired) electrons. The second-order valence-electron chi connectivity index (χ2n) is 19.7. The fraction of sp³-hybridized carbons (Fsp3) is 0.913. The number of ketones is 1. The first-order valence-electron chi connectivity index (χ1n) is 22.9. The normalized spacial score (nSPS) is 45.3. The molecule has 1 aliphatic carbocycles. The highest BCUT2D eigenvalue weighted by molar-refractivity contribution is 5.84. The predicted octanol–water partition coefficient (Wildman–Crippen LogP) is 7.34. The highest BCUT2D eigenvalue weighted by atomic mass is 16.8. The fourth-order valence-corrected chi connectivity index (χ4v) is 11.5. The minimum atomic E-state index is -1.12. The summed E-state index contributed by atoms with van der Waals surface area (Å²) in [6.07, 6.45) is 11.7. The van der Waals surface area contributed by atoms with E-state index in [-0.39, 0.29) is 53.8 Å². The molecule has 0 aromatic heterocycles. The first-order chi connectivity index (χ1) is 26.9. The number of carbonyl (C=O) groups excluding carboxylic acids is 1. The van der Waals surface area contributed by atoms with Gasteiger partial charge in [-0.1, -0.05) is 67.9 Å². The minimum absolute atomic E-state index is 0.0197. The van der Waals surface area contributed by atoms with Crippen molar-refractivity contribution in [2.24, 2.45) is 41.4 Å². The molecule has 3 unspecified atom stereocenters. The maximum atomic E-state index is 14.6. The van der Waals surface area contributed by atoms with Gasteiger partial charge in [0.2, 0.25) is 0 Å². The van der Waals surface area contributed by atoms with Crippen LogP contribution >= 0.6 is 0 Å². The first kappa shape index (κ1) is 45.1. The van der Waals surface area contributed by atoms with Gasteiger partial charge in [0.15, 0.2) is 11.6 Å². The lowest BCUT2D eigenvalue weighted by Gasteiger charge is -2.55. The molecular formula is C46H77NO10. The molecule has 18 atom stereocenters. The fourth-order valence-electron chi connectivity index (χ4n) is 11.5. The smallest absolute Gasteiger partial charge is 0.309 e. The van der Waals surface area contributed by atoms with E-state index in [0.717, 1.165) is 32.1 Å². The third-order valence-electron chi connectivity index (χ3n) is 16.0. The van der Waals surface area contributed by atoms with Crippen molar-refractivity contribution in [1.82, 2.24) is 5.32 Å². The van der Waals surface area contributed by atoms with Crippen molar-refractivity contribution in [3.05, 3.63) is 12.2 Å². The number of carbonyl (C=O) groups is 2. The number of aliphatic hydroxyl groups is 2. The van der Waals surface area contributed by atoms with E-state index in [2.05, 4.69) is 45.2 Å². The Morgan fingerprint density at radius 3 is 2.18 bits per heavy atom. The Bertz CT molecular complexity index is 1440. The van der Waals surface area contributed by atoms with E-state index < -0.39 is 64.8 Å². The zero-order valence-electron chi connectivity index (χ0n) is 36.7. The molecule has 0 bridgehead atoms. The van der Waals surface area contributed by atoms with Crippen molar-refractivity contribution < 1.29 is 48.6 Å². The highest BCUT2D eigenvalue weighted by Crippen LogP contribution is 2.54. The van der Waals surface area contributed by atoms with Crippen molar-refractivity contribution in [3.8, 4) is 0 Å². The van der Waals surface area contributed by atoms with E-state index in [1.54, 1.807) is 0 Å². The summed E-state index contributed by atoms with van der Waals surface area (Å²) in [4.78, 5) is 26.6. The molecule has 5 heterocycles. The Morgan fingerprint density at radius 1 is 0.877 bits per heavy atom. The van der Waals surface area contributed by atoms with Crippen LogP contribution in [0.4, 0.5) is 0 Å². The van der Waals surface area contributed by atoms with Crippen LogP contribution in [0.15, 0.2) is 12.2 Å². The van der Waals surface area contributed by atoms with Gasteiger partial charge in [-0.15, -0.1) is 0 Å². The molecule has 5 fully saturated rings. The zero-order chi connectivity index (χ0) is 41.7. The molecule has 11 nitrogen and oxygen atoms in total. The van der Waals surface area contributed by atoms with Gasteiger partial charge in [-0.2, -0.15) is 0 Å². The van der Waals surface area contributed by atoms with Gasteiger partial charge in [0.05, 0.1) is 59.8 Å². The predicted molar refractivity (Wildman–Crippen MR) is 217 cm³/mol. The van der Waals surface area contributed by atoms with Crippen molar-refractivity contribution in [2.45, 2.75) is 224 Å². The topological polar surface area (TPSA) is 153 Å². The van der Waals surface area contributed by atoms with Crippen LogP contribution in [0.1, 0.15) is 153 Å². The molecule has 0 amide bonds. The molecule has 5 aliphatic heterocycles. The number of carboxylic acids is 1. The molecule has 0 aromatic carbocycles. The third kappa shape index (κ3) is 8.58. The van der Waals surface area contributed by atoms with E-state index in [9.17, 15) is 24.9 Å². The third-order valence-corrected chi connectivity index (χ3v) is 16.0. The number of Topliss-reactive ketones (excluding diaryl/α,β-unsaturated/α-hetero) is 1. The highest BCUT2D eigenvalue weighted by Gasteiger charge is 2.63. The number of aliphatic carboxylic acids is 1. The number of carboxylic acid groups (broad SMARTS) is 1. The average Bonchev–Trinajstić information content (AvgIpc) is 3.50. The van der Waals surface area contributed by atoms with Crippen molar-refractivity contribution in [1.29, 1.82) is 0 Å². The van der Waals surface area contributed by atoms with Gasteiger partial charge in [0.25, 0.3) is 0 Å². The number of aliphatic hydroxyl groups excluding tert-OH is 1. The van der Waals surface area contributed by atoms with Crippen LogP contribution in [0.3, 0.4) is 0 Å². The number of rotatable bonds is 14. The molecule has 57 heavy (non-hydrogen) atoms. The van der Waals surface area contributed by atoms with Crippen LogP contribution in [0, 0.1) is 41.4 Å². The summed E-state index contributed by atoms with van der Waals surface area (Å²) in [7, 11) is 0. The molecule has 0 aromatic rings. The van der Waals surface area contributed by atoms with Gasteiger partial charge in [-0.05, 0) is 102 Å². The Morgan fingerprint density at radius 2 is 1.58 bits per heavy atom. The van der Waals surface area contributed by atoms with Gasteiger partial charge in [0, 0.05) is 36.1 Å². The second kappa shape index (κ2) is 17.5. The molecule has 4 saturated heterocycles. The van der Waals surface area contributed by atoms with Crippen LogP contribution in [-0.2, 0) is 33.3 Å². The first-order valence-corrected chi connectivity index (χ1v) is 22.9. The summed E-state index contributed by atoms with van der Waals surface area (Å²) in [5, 5.41) is 36.7. The lowest BCUT2D eigenvalue weighted by molar-refractivity contribution is -0.398. The Balaban J connectivity index is 1.21. The summed E-state index contributed by atoms with van der Waals surface area (Å²) in [5.74, 6) is -4.97. The summed E-state index contributed by atoms with van der Waals surface area (Å²) in [6, 6.07) is 0.202. The Kier molecular flexibility index (Phi) is 13.8. The number of hydrogen-bond acceptors (Lipinski definition) is 10. The lowest BCUT2D eigenvalue weighted by Crippen LogP contribution is -2.66. The average molecular weight is 804 g/mol. The number of ether oxygens (including phenoxy) is 5. The van der Waals surface area contributed by atoms with Crippen LogP contribution in [-0.4, -0.2) is 98.6 Å². The minimum Gasteiger partial charge on any atom is -0.481 e. The molecule has 1 saturated carbocycles. The maximum Gasteiger partial charge on any atom is 0.309 e. The van der Waals surface area contributed by atoms with Gasteiger partial charge in [-0.3, -0.25) is 9.59 Å². The molecular weight excluding hydrogens is 727 g/mol. The quantitative estimate of drug-likeness (QED) is 0.131. The van der Waals surface area contributed by atoms with Crippen molar-refractivity contribution in [3.63, 3.8) is 0 Å². The van der Waals surface area contributed by atoms with Crippen LogP contribution in [0.2, 0.25) is 0 Å². The van der Waals surface area contributed by atoms with E-state index in [1.165, 1.54) is 6.42 Å². The molecule has 11 heteroatoms. The van der Waals surface area contributed by atoms with Gasteiger partial charge >= 0.3 is 5.97 Å².